The molecule has 0 aromatic carbocycles. The molecule has 0 spiro atoms. The summed E-state index contributed by atoms with van der Waals surface area (Å²) >= 11 is 0. The second-order valence-corrected chi connectivity index (χ2v) is 3.79. The maximum Gasteiger partial charge on any atom is 0.236 e. The number of hydrogen-bond acceptors (Lipinski definition) is 7. The Bertz CT molecular complexity index is 426. The van der Waals surface area contributed by atoms with Crippen LogP contribution in [-0.2, 0) is 16.1 Å². The summed E-state index contributed by atoms with van der Waals surface area (Å²) in [6, 6.07) is 1.65. The molecule has 5 N–H and O–H groups in total. The first-order valence-corrected chi connectivity index (χ1v) is 6.06. The number of nitrogen functional groups attached to an aromatic ring is 1. The molecule has 0 fully saturated rings. The van der Waals surface area contributed by atoms with Gasteiger partial charge in [0.2, 0.25) is 5.91 Å². The summed E-state index contributed by atoms with van der Waals surface area (Å²) < 4.78 is 5.26. The molecule has 0 saturated heterocycles. The van der Waals surface area contributed by atoms with Crippen molar-refractivity contribution in [3.8, 4) is 0 Å². The van der Waals surface area contributed by atoms with E-state index in [0.29, 0.717) is 30.6 Å². The van der Waals surface area contributed by atoms with E-state index in [4.69, 9.17) is 16.3 Å². The van der Waals surface area contributed by atoms with Crippen LogP contribution in [-0.4, -0.2) is 35.6 Å². The Hall–Kier alpha value is -1.93. The lowest BCUT2D eigenvalue weighted by Crippen LogP contribution is -2.34. The monoisotopic (exact) mass is 268 g/mol. The lowest BCUT2D eigenvalue weighted by Gasteiger charge is -2.21. The Morgan fingerprint density at radius 3 is 2.74 bits per heavy atom. The standard InChI is InChI=1S/C11H20N6O2/c1-3-17(6-8(12)18)11-5-9(16-13)14-10(15-11)7-19-4-2/h5H,3-4,6-7,13H2,1-2H3,(H2,12,18)(H,14,15,16). The number of nitrogens with zero attached hydrogens (tertiary/aromatic N) is 3. The first-order valence-electron chi connectivity index (χ1n) is 6.06. The minimum Gasteiger partial charge on any atom is -0.374 e. The molecule has 8 nitrogen and oxygen atoms in total. The molecule has 0 saturated carbocycles. The number of ether oxygens (including phenoxy) is 1. The highest BCUT2D eigenvalue weighted by Crippen LogP contribution is 2.15. The summed E-state index contributed by atoms with van der Waals surface area (Å²) in [7, 11) is 0. The van der Waals surface area contributed by atoms with Gasteiger partial charge in [-0.3, -0.25) is 4.79 Å². The van der Waals surface area contributed by atoms with Crippen LogP contribution in [0.1, 0.15) is 19.7 Å². The molecule has 106 valence electrons. The number of primary amides is 1. The zero-order valence-electron chi connectivity index (χ0n) is 11.2. The Balaban J connectivity index is 2.99. The molecular formula is C11H20N6O2. The molecule has 0 bridgehead atoms. The average molecular weight is 268 g/mol. The highest BCUT2D eigenvalue weighted by atomic mass is 16.5. The molecule has 19 heavy (non-hydrogen) atoms. The van der Waals surface area contributed by atoms with Crippen molar-refractivity contribution in [3.05, 3.63) is 11.9 Å². The van der Waals surface area contributed by atoms with E-state index in [1.54, 1.807) is 11.0 Å². The third kappa shape index (κ3) is 4.68. The number of aromatic nitrogens is 2. The predicted octanol–water partition coefficient (Wildman–Crippen LogP) is -0.390. The molecule has 0 atom stereocenters. The molecule has 0 unspecified atom stereocenters. The average Bonchev–Trinajstić information content (AvgIpc) is 2.41. The molecule has 1 heterocycles. The fourth-order valence-electron chi connectivity index (χ4n) is 1.52. The topological polar surface area (TPSA) is 119 Å². The summed E-state index contributed by atoms with van der Waals surface area (Å²) in [5.41, 5.74) is 7.67. The van der Waals surface area contributed by atoms with Crippen molar-refractivity contribution >= 4 is 17.5 Å². The number of carbonyl (C=O) groups is 1. The minimum absolute atomic E-state index is 0.0889. The minimum atomic E-state index is -0.422. The van der Waals surface area contributed by atoms with Gasteiger partial charge in [0.1, 0.15) is 18.2 Å². The molecule has 1 amide bonds. The SMILES string of the molecule is CCOCc1nc(NN)cc(N(CC)CC(N)=O)n1. The van der Waals surface area contributed by atoms with E-state index in [0.717, 1.165) is 0 Å². The number of rotatable bonds is 8. The number of hydrazine groups is 1. The molecule has 1 aromatic heterocycles. The number of likely N-dealkylation sites (N-methyl/N-ethyl adjacent to an activating group) is 1. The van der Waals surface area contributed by atoms with Crippen LogP contribution in [0, 0.1) is 0 Å². The summed E-state index contributed by atoms with van der Waals surface area (Å²) in [6.45, 7) is 5.33. The molecule has 0 aliphatic rings. The summed E-state index contributed by atoms with van der Waals surface area (Å²) in [5, 5.41) is 0. The molecule has 1 aromatic rings. The first kappa shape index (κ1) is 15.1. The van der Waals surface area contributed by atoms with Gasteiger partial charge in [-0.15, -0.1) is 0 Å². The highest BCUT2D eigenvalue weighted by molar-refractivity contribution is 5.79. The molecule has 8 heteroatoms. The molecule has 0 radical (unpaired) electrons. The second-order valence-electron chi connectivity index (χ2n) is 3.79. The van der Waals surface area contributed by atoms with Crippen LogP contribution in [0.5, 0.6) is 0 Å². The van der Waals surface area contributed by atoms with Gasteiger partial charge in [-0.2, -0.15) is 0 Å². The van der Waals surface area contributed by atoms with Gasteiger partial charge in [-0.1, -0.05) is 0 Å². The smallest absolute Gasteiger partial charge is 0.236 e. The maximum absolute atomic E-state index is 11.0. The summed E-state index contributed by atoms with van der Waals surface area (Å²) in [4.78, 5) is 21.3. The second kappa shape index (κ2) is 7.49. The van der Waals surface area contributed by atoms with Crippen LogP contribution in [0.3, 0.4) is 0 Å². The fraction of sp³-hybridized carbons (Fsp3) is 0.545. The Labute approximate surface area is 112 Å². The van der Waals surface area contributed by atoms with Crippen LogP contribution in [0.2, 0.25) is 0 Å². The van der Waals surface area contributed by atoms with E-state index >= 15 is 0 Å². The third-order valence-corrected chi connectivity index (χ3v) is 2.39. The van der Waals surface area contributed by atoms with Gasteiger partial charge in [0.05, 0.1) is 6.54 Å². The molecule has 0 aliphatic heterocycles. The van der Waals surface area contributed by atoms with Gasteiger partial charge in [0, 0.05) is 19.2 Å². The Morgan fingerprint density at radius 1 is 1.47 bits per heavy atom. The van der Waals surface area contributed by atoms with E-state index < -0.39 is 5.91 Å². The quantitative estimate of drug-likeness (QED) is 0.434. The van der Waals surface area contributed by atoms with E-state index in [9.17, 15) is 4.79 Å². The number of amides is 1. The van der Waals surface area contributed by atoms with E-state index in [-0.39, 0.29) is 13.2 Å². The van der Waals surface area contributed by atoms with Gasteiger partial charge in [-0.05, 0) is 13.8 Å². The number of anilines is 2. The zero-order chi connectivity index (χ0) is 14.3. The fourth-order valence-corrected chi connectivity index (χ4v) is 1.52. The van der Waals surface area contributed by atoms with Crippen molar-refractivity contribution in [3.63, 3.8) is 0 Å². The Morgan fingerprint density at radius 2 is 2.21 bits per heavy atom. The molecule has 0 aliphatic carbocycles. The normalized spacial score (nSPS) is 10.3. The number of nitrogens with two attached hydrogens (primary N) is 2. The lowest BCUT2D eigenvalue weighted by atomic mass is 10.4. The molecule has 1 rings (SSSR count). The van der Waals surface area contributed by atoms with Crippen molar-refractivity contribution in [1.29, 1.82) is 0 Å². The largest absolute Gasteiger partial charge is 0.374 e. The van der Waals surface area contributed by atoms with Crippen molar-refractivity contribution in [2.45, 2.75) is 20.5 Å². The number of hydrogen-bond donors (Lipinski definition) is 3. The van der Waals surface area contributed by atoms with E-state index in [1.807, 2.05) is 13.8 Å². The van der Waals surface area contributed by atoms with Crippen molar-refractivity contribution in [1.82, 2.24) is 9.97 Å². The van der Waals surface area contributed by atoms with Crippen LogP contribution >= 0.6 is 0 Å². The van der Waals surface area contributed by atoms with Crippen molar-refractivity contribution < 1.29 is 9.53 Å². The van der Waals surface area contributed by atoms with E-state index in [1.165, 1.54) is 0 Å². The lowest BCUT2D eigenvalue weighted by molar-refractivity contribution is -0.116. The third-order valence-electron chi connectivity index (χ3n) is 2.39. The number of carbonyl (C=O) groups excluding carboxylic acids is 1. The van der Waals surface area contributed by atoms with Crippen LogP contribution in [0.4, 0.5) is 11.6 Å². The summed E-state index contributed by atoms with van der Waals surface area (Å²) in [5.74, 6) is 6.48. The van der Waals surface area contributed by atoms with Crippen LogP contribution in [0.25, 0.3) is 0 Å². The van der Waals surface area contributed by atoms with Gasteiger partial charge < -0.3 is 20.8 Å². The summed E-state index contributed by atoms with van der Waals surface area (Å²) in [6.07, 6.45) is 0. The van der Waals surface area contributed by atoms with Crippen LogP contribution < -0.4 is 21.9 Å². The van der Waals surface area contributed by atoms with Crippen molar-refractivity contribution in [2.24, 2.45) is 11.6 Å². The molecular weight excluding hydrogens is 248 g/mol. The maximum atomic E-state index is 11.0. The Kier molecular flexibility index (Phi) is 5.97. The van der Waals surface area contributed by atoms with E-state index in [2.05, 4.69) is 15.4 Å². The highest BCUT2D eigenvalue weighted by Gasteiger charge is 2.12. The zero-order valence-corrected chi connectivity index (χ0v) is 11.2. The van der Waals surface area contributed by atoms with Gasteiger partial charge >= 0.3 is 0 Å². The predicted molar refractivity (Wildman–Crippen MR) is 72.3 cm³/mol. The van der Waals surface area contributed by atoms with Gasteiger partial charge in [0.15, 0.2) is 5.82 Å². The van der Waals surface area contributed by atoms with Crippen molar-refractivity contribution in [2.75, 3.05) is 30.0 Å². The number of nitrogens with one attached hydrogen (secondary N) is 1. The van der Waals surface area contributed by atoms with Crippen LogP contribution in [0.15, 0.2) is 6.07 Å². The first-order chi connectivity index (χ1) is 9.10. The van der Waals surface area contributed by atoms with Gasteiger partial charge in [0.25, 0.3) is 0 Å². The van der Waals surface area contributed by atoms with Gasteiger partial charge in [-0.25, -0.2) is 15.8 Å².